The molecule has 200 valence electrons. The van der Waals surface area contributed by atoms with Gasteiger partial charge in [0.05, 0.1) is 6.04 Å². The molecule has 6 nitrogen and oxygen atoms in total. The normalized spacial score (nSPS) is 17.9. The summed E-state index contributed by atoms with van der Waals surface area (Å²) in [5.74, 6) is 0.144. The zero-order valence-corrected chi connectivity index (χ0v) is 22.4. The lowest BCUT2D eigenvalue weighted by Crippen LogP contribution is -2.49. The molecule has 1 fully saturated rings. The van der Waals surface area contributed by atoms with Crippen molar-refractivity contribution in [2.75, 3.05) is 26.2 Å². The Bertz CT molecular complexity index is 1120. The molecule has 1 saturated heterocycles. The molecule has 0 spiro atoms. The van der Waals surface area contributed by atoms with Gasteiger partial charge in [-0.3, -0.25) is 9.59 Å². The maximum atomic E-state index is 13.6. The quantitative estimate of drug-likeness (QED) is 0.346. The molecule has 1 aliphatic rings. The highest BCUT2D eigenvalue weighted by Crippen LogP contribution is 2.27. The number of nitrogens with one attached hydrogen (secondary N) is 2. The van der Waals surface area contributed by atoms with Crippen molar-refractivity contribution in [1.82, 2.24) is 15.5 Å². The van der Waals surface area contributed by atoms with Crippen LogP contribution in [0.25, 0.3) is 0 Å². The molecule has 38 heavy (non-hydrogen) atoms. The van der Waals surface area contributed by atoms with E-state index in [1.807, 2.05) is 65.6 Å². The highest BCUT2D eigenvalue weighted by Gasteiger charge is 2.32. The third kappa shape index (κ3) is 7.90. The van der Waals surface area contributed by atoms with Crippen LogP contribution in [0.15, 0.2) is 84.9 Å². The van der Waals surface area contributed by atoms with E-state index in [0.29, 0.717) is 50.5 Å². The molecule has 2 amide bonds. The summed E-state index contributed by atoms with van der Waals surface area (Å²) in [4.78, 5) is 28.1. The number of rotatable bonds is 11. The molecular formula is C31H37ClN4O2. The first-order valence-electron chi connectivity index (χ1n) is 13.4. The molecule has 0 aliphatic carbocycles. The fourth-order valence-electron chi connectivity index (χ4n) is 5.03. The van der Waals surface area contributed by atoms with Crippen LogP contribution in [0.4, 0.5) is 0 Å². The van der Waals surface area contributed by atoms with E-state index in [-0.39, 0.29) is 29.8 Å². The largest absolute Gasteiger partial charge is 0.355 e. The van der Waals surface area contributed by atoms with Gasteiger partial charge in [-0.15, -0.1) is 0 Å². The van der Waals surface area contributed by atoms with E-state index in [1.54, 1.807) is 0 Å². The molecule has 0 radical (unpaired) electrons. The van der Waals surface area contributed by atoms with Gasteiger partial charge in [-0.1, -0.05) is 84.4 Å². The second-order valence-electron chi connectivity index (χ2n) is 9.87. The summed E-state index contributed by atoms with van der Waals surface area (Å²) in [5.41, 5.74) is 9.33. The van der Waals surface area contributed by atoms with Crippen LogP contribution in [0, 0.1) is 0 Å². The van der Waals surface area contributed by atoms with Crippen LogP contribution in [0.2, 0.25) is 5.02 Å². The second kappa shape index (κ2) is 14.1. The van der Waals surface area contributed by atoms with Crippen LogP contribution in [0.1, 0.15) is 41.9 Å². The van der Waals surface area contributed by atoms with E-state index in [0.717, 1.165) is 12.0 Å². The van der Waals surface area contributed by atoms with Crippen molar-refractivity contribution in [3.05, 3.63) is 107 Å². The van der Waals surface area contributed by atoms with E-state index < -0.39 is 0 Å². The van der Waals surface area contributed by atoms with Crippen molar-refractivity contribution in [2.45, 2.75) is 43.7 Å². The number of nitrogens with zero attached hydrogens (tertiary/aromatic N) is 1. The van der Waals surface area contributed by atoms with Gasteiger partial charge in [0.2, 0.25) is 11.8 Å². The molecule has 4 rings (SSSR count). The Labute approximate surface area is 230 Å². The SMILES string of the molecule is NCCC1NC(CNC(=O)CCc2ccc(Cl)cc2)CCN(CC(c2ccccc2)c2ccccc2)C1=O. The smallest absolute Gasteiger partial charge is 0.239 e. The number of hydrogen-bond acceptors (Lipinski definition) is 4. The van der Waals surface area contributed by atoms with Crippen molar-refractivity contribution in [3.63, 3.8) is 0 Å². The fourth-order valence-corrected chi connectivity index (χ4v) is 5.15. The number of carbonyl (C=O) groups is 2. The van der Waals surface area contributed by atoms with Crippen molar-refractivity contribution >= 4 is 23.4 Å². The van der Waals surface area contributed by atoms with Crippen LogP contribution in [0.3, 0.4) is 0 Å². The number of amides is 2. The highest BCUT2D eigenvalue weighted by atomic mass is 35.5. The molecule has 1 heterocycles. The van der Waals surface area contributed by atoms with Crippen molar-refractivity contribution in [1.29, 1.82) is 0 Å². The van der Waals surface area contributed by atoms with Gasteiger partial charge < -0.3 is 21.3 Å². The van der Waals surface area contributed by atoms with Crippen molar-refractivity contribution in [3.8, 4) is 0 Å². The number of hydrogen-bond donors (Lipinski definition) is 3. The van der Waals surface area contributed by atoms with Gasteiger partial charge in [0.15, 0.2) is 0 Å². The van der Waals surface area contributed by atoms with Gasteiger partial charge in [-0.2, -0.15) is 0 Å². The van der Waals surface area contributed by atoms with Gasteiger partial charge in [-0.05, 0) is 54.6 Å². The Kier molecular flexibility index (Phi) is 10.3. The summed E-state index contributed by atoms with van der Waals surface area (Å²) >= 11 is 5.95. The predicted octanol–water partition coefficient (Wildman–Crippen LogP) is 4.13. The van der Waals surface area contributed by atoms with Crippen LogP contribution < -0.4 is 16.4 Å². The van der Waals surface area contributed by atoms with E-state index in [1.165, 1.54) is 11.1 Å². The Balaban J connectivity index is 1.39. The van der Waals surface area contributed by atoms with Gasteiger partial charge >= 0.3 is 0 Å². The minimum Gasteiger partial charge on any atom is -0.355 e. The zero-order chi connectivity index (χ0) is 26.7. The van der Waals surface area contributed by atoms with E-state index in [4.69, 9.17) is 17.3 Å². The summed E-state index contributed by atoms with van der Waals surface area (Å²) in [5, 5.41) is 7.23. The number of carbonyl (C=O) groups excluding carboxylic acids is 2. The minimum atomic E-state index is -0.370. The highest BCUT2D eigenvalue weighted by molar-refractivity contribution is 6.30. The van der Waals surface area contributed by atoms with E-state index in [9.17, 15) is 9.59 Å². The number of aryl methyl sites for hydroxylation is 1. The van der Waals surface area contributed by atoms with Gasteiger partial charge in [-0.25, -0.2) is 0 Å². The number of nitrogens with two attached hydrogens (primary N) is 1. The topological polar surface area (TPSA) is 87.5 Å². The Morgan fingerprint density at radius 2 is 1.63 bits per heavy atom. The summed E-state index contributed by atoms with van der Waals surface area (Å²) in [6, 6.07) is 27.9. The average Bonchev–Trinajstić information content (AvgIpc) is 3.09. The van der Waals surface area contributed by atoms with Gasteiger partial charge in [0, 0.05) is 43.0 Å². The van der Waals surface area contributed by atoms with E-state index in [2.05, 4.69) is 34.9 Å². The summed E-state index contributed by atoms with van der Waals surface area (Å²) in [7, 11) is 0. The van der Waals surface area contributed by atoms with Crippen LogP contribution in [0.5, 0.6) is 0 Å². The zero-order valence-electron chi connectivity index (χ0n) is 21.7. The monoisotopic (exact) mass is 532 g/mol. The second-order valence-corrected chi connectivity index (χ2v) is 10.3. The Hall–Kier alpha value is -3.19. The number of benzene rings is 3. The first-order valence-corrected chi connectivity index (χ1v) is 13.8. The standard InChI is InChI=1S/C31H37ClN4O2/c32-26-14-11-23(12-15-26)13-16-30(37)34-21-27-18-20-36(31(38)29(35-27)17-19-33)22-28(24-7-3-1-4-8-24)25-9-5-2-6-10-25/h1-12,14-15,27-29,35H,13,16-22,33H2,(H,34,37). The van der Waals surface area contributed by atoms with Crippen LogP contribution >= 0.6 is 11.6 Å². The van der Waals surface area contributed by atoms with Gasteiger partial charge in [0.25, 0.3) is 0 Å². The lowest BCUT2D eigenvalue weighted by Gasteiger charge is -2.29. The summed E-state index contributed by atoms with van der Waals surface area (Å²) < 4.78 is 0. The number of halogens is 1. The first kappa shape index (κ1) is 27.8. The summed E-state index contributed by atoms with van der Waals surface area (Å²) in [6.07, 6.45) is 2.36. The summed E-state index contributed by atoms with van der Waals surface area (Å²) in [6.45, 7) is 2.10. The molecule has 4 N–H and O–H groups in total. The van der Waals surface area contributed by atoms with Crippen molar-refractivity contribution in [2.24, 2.45) is 5.73 Å². The fraction of sp³-hybridized carbons (Fsp3) is 0.355. The molecule has 0 bridgehead atoms. The molecule has 0 saturated carbocycles. The lowest BCUT2D eigenvalue weighted by molar-refractivity contribution is -0.133. The van der Waals surface area contributed by atoms with E-state index >= 15 is 0 Å². The van der Waals surface area contributed by atoms with Crippen molar-refractivity contribution < 1.29 is 9.59 Å². The lowest BCUT2D eigenvalue weighted by atomic mass is 9.90. The molecule has 3 aromatic rings. The van der Waals surface area contributed by atoms with Crippen LogP contribution in [-0.2, 0) is 16.0 Å². The average molecular weight is 533 g/mol. The van der Waals surface area contributed by atoms with Gasteiger partial charge in [0.1, 0.15) is 0 Å². The molecule has 2 atom stereocenters. The Morgan fingerprint density at radius 3 is 2.24 bits per heavy atom. The minimum absolute atomic E-state index is 0.00206. The van der Waals surface area contributed by atoms with Crippen LogP contribution in [-0.4, -0.2) is 55.0 Å². The molecule has 2 unspecified atom stereocenters. The molecule has 0 aromatic heterocycles. The maximum Gasteiger partial charge on any atom is 0.239 e. The predicted molar refractivity (Wildman–Crippen MR) is 153 cm³/mol. The first-order chi connectivity index (χ1) is 18.5. The molecular weight excluding hydrogens is 496 g/mol. The maximum absolute atomic E-state index is 13.6. The third-order valence-electron chi connectivity index (χ3n) is 7.16. The Morgan fingerprint density at radius 1 is 1.00 bits per heavy atom. The third-order valence-corrected chi connectivity index (χ3v) is 7.41. The molecule has 7 heteroatoms. The molecule has 3 aromatic carbocycles. The molecule has 1 aliphatic heterocycles.